The van der Waals surface area contributed by atoms with Gasteiger partial charge in [0.05, 0.1) is 17.4 Å². The van der Waals surface area contributed by atoms with Crippen LogP contribution in [-0.2, 0) is 0 Å². The molecule has 92 valence electrons. The van der Waals surface area contributed by atoms with E-state index in [0.29, 0.717) is 5.69 Å². The molecule has 0 radical (unpaired) electrons. The quantitative estimate of drug-likeness (QED) is 0.850. The number of hydrogen-bond donors (Lipinski definition) is 1. The van der Waals surface area contributed by atoms with E-state index in [4.69, 9.17) is 10.5 Å². The number of benzene rings is 1. The van der Waals surface area contributed by atoms with Crippen LogP contribution >= 0.6 is 0 Å². The highest BCUT2D eigenvalue weighted by Gasteiger charge is 2.14. The number of pyridine rings is 1. The largest absolute Gasteiger partial charge is 0.436 e. The molecule has 2 N–H and O–H groups in total. The minimum absolute atomic E-state index is 0.0707. The first-order valence-corrected chi connectivity index (χ1v) is 4.94. The summed E-state index contributed by atoms with van der Waals surface area (Å²) in [6.45, 7) is 0. The van der Waals surface area contributed by atoms with Gasteiger partial charge < -0.3 is 10.5 Å². The van der Waals surface area contributed by atoms with Crippen LogP contribution in [0.3, 0.4) is 0 Å². The second kappa shape index (κ2) is 4.79. The van der Waals surface area contributed by atoms with Crippen molar-refractivity contribution in [1.29, 1.82) is 0 Å². The average molecular weight is 250 g/mol. The van der Waals surface area contributed by atoms with Gasteiger partial charge in [-0.2, -0.15) is 4.39 Å². The number of nitrogens with zero attached hydrogens (tertiary/aromatic N) is 1. The number of nitrogens with two attached hydrogens (primary N) is 1. The van der Waals surface area contributed by atoms with Gasteiger partial charge in [-0.25, -0.2) is 9.37 Å². The number of halogens is 2. The molecule has 0 aliphatic rings. The Balaban J connectivity index is 2.32. The summed E-state index contributed by atoms with van der Waals surface area (Å²) in [5, 5.41) is 0. The summed E-state index contributed by atoms with van der Waals surface area (Å²) in [6, 6.07) is 5.20. The number of ether oxygens (including phenoxy) is 1. The summed E-state index contributed by atoms with van der Waals surface area (Å²) in [7, 11) is 0. The van der Waals surface area contributed by atoms with Crippen LogP contribution in [0.5, 0.6) is 11.6 Å². The van der Waals surface area contributed by atoms with Crippen LogP contribution in [0.2, 0.25) is 0 Å². The van der Waals surface area contributed by atoms with Crippen LogP contribution in [0.1, 0.15) is 10.4 Å². The molecule has 0 atom stereocenters. The molecule has 2 aromatic rings. The molecule has 4 nitrogen and oxygen atoms in total. The van der Waals surface area contributed by atoms with Gasteiger partial charge in [0, 0.05) is 6.07 Å². The second-order valence-corrected chi connectivity index (χ2v) is 3.43. The van der Waals surface area contributed by atoms with Gasteiger partial charge in [0.15, 0.2) is 17.9 Å². The summed E-state index contributed by atoms with van der Waals surface area (Å²) < 4.78 is 31.9. The number of rotatable bonds is 3. The monoisotopic (exact) mass is 250 g/mol. The highest BCUT2D eigenvalue weighted by Crippen LogP contribution is 2.26. The van der Waals surface area contributed by atoms with Crippen LogP contribution in [0.4, 0.5) is 14.5 Å². The number of aldehydes is 1. The molecule has 0 aliphatic carbocycles. The van der Waals surface area contributed by atoms with Crippen molar-refractivity contribution in [1.82, 2.24) is 4.98 Å². The maximum absolute atomic E-state index is 13.5. The van der Waals surface area contributed by atoms with E-state index < -0.39 is 11.6 Å². The Morgan fingerprint density at radius 3 is 2.56 bits per heavy atom. The predicted molar refractivity (Wildman–Crippen MR) is 60.5 cm³/mol. The molecule has 6 heteroatoms. The summed E-state index contributed by atoms with van der Waals surface area (Å²) in [5.74, 6) is -2.77. The number of carbonyl (C=O) groups excluding carboxylic acids is 1. The Morgan fingerprint density at radius 2 is 1.94 bits per heavy atom. The van der Waals surface area contributed by atoms with E-state index in [9.17, 15) is 13.6 Å². The summed E-state index contributed by atoms with van der Waals surface area (Å²) in [6.07, 6.45) is 1.55. The lowest BCUT2D eigenvalue weighted by Crippen LogP contribution is -1.97. The van der Waals surface area contributed by atoms with Gasteiger partial charge in [0.2, 0.25) is 11.7 Å². The fraction of sp³-hybridized carbons (Fsp3) is 0. The van der Waals surface area contributed by atoms with E-state index in [2.05, 4.69) is 4.98 Å². The van der Waals surface area contributed by atoms with Crippen molar-refractivity contribution in [3.8, 4) is 11.6 Å². The van der Waals surface area contributed by atoms with Crippen LogP contribution < -0.4 is 10.5 Å². The van der Waals surface area contributed by atoms with Crippen LogP contribution in [0, 0.1) is 11.6 Å². The number of hydrogen-bond acceptors (Lipinski definition) is 4. The first-order valence-electron chi connectivity index (χ1n) is 4.94. The van der Waals surface area contributed by atoms with Gasteiger partial charge in [-0.15, -0.1) is 0 Å². The first kappa shape index (κ1) is 12.0. The lowest BCUT2D eigenvalue weighted by atomic mass is 10.2. The third-order valence-electron chi connectivity index (χ3n) is 2.18. The van der Waals surface area contributed by atoms with Crippen molar-refractivity contribution in [2.45, 2.75) is 0 Å². The number of carbonyl (C=O) groups is 1. The maximum Gasteiger partial charge on any atom is 0.219 e. The summed E-state index contributed by atoms with van der Waals surface area (Å²) in [4.78, 5) is 14.2. The minimum atomic E-state index is -1.25. The van der Waals surface area contributed by atoms with Crippen molar-refractivity contribution in [2.75, 3.05) is 5.73 Å². The first-order chi connectivity index (χ1) is 8.61. The van der Waals surface area contributed by atoms with Gasteiger partial charge in [0.1, 0.15) is 0 Å². The molecule has 0 unspecified atom stereocenters. The van der Waals surface area contributed by atoms with Gasteiger partial charge in [-0.3, -0.25) is 4.79 Å². The minimum Gasteiger partial charge on any atom is -0.436 e. The summed E-state index contributed by atoms with van der Waals surface area (Å²) in [5.41, 5.74) is 5.47. The summed E-state index contributed by atoms with van der Waals surface area (Å²) >= 11 is 0. The zero-order chi connectivity index (χ0) is 13.1. The molecule has 18 heavy (non-hydrogen) atoms. The molecule has 1 aromatic heterocycles. The third-order valence-corrected chi connectivity index (χ3v) is 2.18. The zero-order valence-corrected chi connectivity index (χ0v) is 9.06. The molecule has 0 bridgehead atoms. The van der Waals surface area contributed by atoms with Crippen molar-refractivity contribution < 1.29 is 18.3 Å². The molecule has 1 aromatic carbocycles. The molecule has 1 heterocycles. The number of anilines is 1. The normalized spacial score (nSPS) is 10.1. The molecule has 2 rings (SSSR count). The number of nitrogen functional groups attached to an aromatic ring is 1. The van der Waals surface area contributed by atoms with Gasteiger partial charge >= 0.3 is 0 Å². The van der Waals surface area contributed by atoms with E-state index in [1.54, 1.807) is 0 Å². The smallest absolute Gasteiger partial charge is 0.219 e. The van der Waals surface area contributed by atoms with Crippen molar-refractivity contribution in [3.63, 3.8) is 0 Å². The Labute approximate surface area is 101 Å². The van der Waals surface area contributed by atoms with Crippen molar-refractivity contribution in [2.24, 2.45) is 0 Å². The van der Waals surface area contributed by atoms with Gasteiger partial charge in [-0.05, 0) is 18.2 Å². The van der Waals surface area contributed by atoms with Crippen LogP contribution in [0.25, 0.3) is 0 Å². The highest BCUT2D eigenvalue weighted by atomic mass is 19.2. The van der Waals surface area contributed by atoms with Gasteiger partial charge in [0.25, 0.3) is 0 Å². The Bertz CT molecular complexity index is 585. The molecular formula is C12H8F2N2O2. The van der Waals surface area contributed by atoms with Crippen LogP contribution in [0.15, 0.2) is 30.5 Å². The van der Waals surface area contributed by atoms with Gasteiger partial charge in [-0.1, -0.05) is 0 Å². The van der Waals surface area contributed by atoms with Crippen molar-refractivity contribution >= 4 is 12.0 Å². The molecule has 0 fully saturated rings. The molecular weight excluding hydrogens is 242 g/mol. The third kappa shape index (κ3) is 2.27. The Hall–Kier alpha value is -2.50. The predicted octanol–water partition coefficient (Wildman–Crippen LogP) is 2.55. The van der Waals surface area contributed by atoms with Crippen LogP contribution in [-0.4, -0.2) is 11.3 Å². The Kier molecular flexibility index (Phi) is 3.18. The topological polar surface area (TPSA) is 65.2 Å². The Morgan fingerprint density at radius 1 is 1.17 bits per heavy atom. The molecule has 0 aliphatic heterocycles. The van der Waals surface area contributed by atoms with E-state index in [1.165, 1.54) is 18.3 Å². The van der Waals surface area contributed by atoms with E-state index >= 15 is 0 Å². The fourth-order valence-corrected chi connectivity index (χ4v) is 1.28. The molecule has 0 saturated carbocycles. The maximum atomic E-state index is 13.5. The average Bonchev–Trinajstić information content (AvgIpc) is 2.38. The molecule has 0 amide bonds. The number of aromatic nitrogens is 1. The van der Waals surface area contributed by atoms with E-state index in [0.717, 1.165) is 12.1 Å². The molecule has 0 saturated heterocycles. The SMILES string of the molecule is Nc1ccc(Oc2ccc(C=O)c(F)c2F)nc1. The molecule has 0 spiro atoms. The lowest BCUT2D eigenvalue weighted by Gasteiger charge is -2.07. The zero-order valence-electron chi connectivity index (χ0n) is 9.06. The highest BCUT2D eigenvalue weighted by molar-refractivity contribution is 5.75. The van der Waals surface area contributed by atoms with Crippen molar-refractivity contribution in [3.05, 3.63) is 47.7 Å². The van der Waals surface area contributed by atoms with E-state index in [1.807, 2.05) is 0 Å². The standard InChI is InChI=1S/C12H8F2N2O2/c13-11-7(6-17)1-3-9(12(11)14)18-10-4-2-8(15)5-16-10/h1-6H,15H2. The fourth-order valence-electron chi connectivity index (χ4n) is 1.28. The second-order valence-electron chi connectivity index (χ2n) is 3.43. The van der Waals surface area contributed by atoms with E-state index in [-0.39, 0.29) is 23.5 Å². The lowest BCUT2D eigenvalue weighted by molar-refractivity contribution is 0.111.